The molecular formula is C11H18NO2+. The van der Waals surface area contributed by atoms with E-state index in [0.29, 0.717) is 13.2 Å². The SMILES string of the molecule is Cc1ccc(OC[C@H](O)C[NH3+])cc1C. The van der Waals surface area contributed by atoms with Crippen LogP contribution in [0.5, 0.6) is 5.75 Å². The molecule has 14 heavy (non-hydrogen) atoms. The number of benzene rings is 1. The minimum atomic E-state index is -0.475. The van der Waals surface area contributed by atoms with Gasteiger partial charge < -0.3 is 15.6 Å². The normalized spacial score (nSPS) is 12.6. The van der Waals surface area contributed by atoms with Crippen molar-refractivity contribution in [2.75, 3.05) is 13.2 Å². The average molecular weight is 196 g/mol. The fraction of sp³-hybridized carbons (Fsp3) is 0.455. The highest BCUT2D eigenvalue weighted by molar-refractivity contribution is 5.33. The Kier molecular flexibility index (Phi) is 3.92. The summed E-state index contributed by atoms with van der Waals surface area (Å²) in [7, 11) is 0. The zero-order valence-corrected chi connectivity index (χ0v) is 8.79. The van der Waals surface area contributed by atoms with Crippen molar-refractivity contribution >= 4 is 0 Å². The smallest absolute Gasteiger partial charge is 0.136 e. The summed E-state index contributed by atoms with van der Waals surface area (Å²) < 4.78 is 5.40. The molecule has 0 radical (unpaired) electrons. The Hall–Kier alpha value is -1.06. The van der Waals surface area contributed by atoms with Crippen LogP contribution in [0.3, 0.4) is 0 Å². The van der Waals surface area contributed by atoms with E-state index in [-0.39, 0.29) is 0 Å². The molecule has 0 aliphatic heterocycles. The Labute approximate surface area is 84.5 Å². The van der Waals surface area contributed by atoms with Crippen molar-refractivity contribution in [2.24, 2.45) is 0 Å². The van der Waals surface area contributed by atoms with Crippen LogP contribution in [0.15, 0.2) is 18.2 Å². The predicted octanol–water partition coefficient (Wildman–Crippen LogP) is 0.285. The molecule has 4 N–H and O–H groups in total. The van der Waals surface area contributed by atoms with Gasteiger partial charge >= 0.3 is 0 Å². The highest BCUT2D eigenvalue weighted by Crippen LogP contribution is 2.16. The lowest BCUT2D eigenvalue weighted by molar-refractivity contribution is -0.384. The van der Waals surface area contributed by atoms with Crippen LogP contribution in [-0.4, -0.2) is 24.4 Å². The van der Waals surface area contributed by atoms with Gasteiger partial charge in [0.25, 0.3) is 0 Å². The number of rotatable bonds is 4. The topological polar surface area (TPSA) is 57.1 Å². The molecule has 0 aliphatic carbocycles. The van der Waals surface area contributed by atoms with Gasteiger partial charge in [0.15, 0.2) is 0 Å². The largest absolute Gasteiger partial charge is 0.491 e. The zero-order valence-electron chi connectivity index (χ0n) is 8.79. The molecule has 0 bridgehead atoms. The first-order valence-corrected chi connectivity index (χ1v) is 4.81. The molecule has 0 spiro atoms. The van der Waals surface area contributed by atoms with E-state index >= 15 is 0 Å². The highest BCUT2D eigenvalue weighted by Gasteiger charge is 2.04. The van der Waals surface area contributed by atoms with E-state index in [0.717, 1.165) is 5.75 Å². The van der Waals surface area contributed by atoms with E-state index < -0.39 is 6.10 Å². The number of ether oxygens (including phenoxy) is 1. The minimum absolute atomic E-state index is 0.312. The molecule has 3 nitrogen and oxygen atoms in total. The van der Waals surface area contributed by atoms with Gasteiger partial charge in [-0.15, -0.1) is 0 Å². The maximum atomic E-state index is 9.26. The van der Waals surface area contributed by atoms with Crippen LogP contribution in [-0.2, 0) is 0 Å². The molecule has 1 aromatic carbocycles. The lowest BCUT2D eigenvalue weighted by Crippen LogP contribution is -2.56. The van der Waals surface area contributed by atoms with Gasteiger partial charge in [-0.2, -0.15) is 0 Å². The summed E-state index contributed by atoms with van der Waals surface area (Å²) in [6.07, 6.45) is -0.475. The molecular weight excluding hydrogens is 178 g/mol. The van der Waals surface area contributed by atoms with Gasteiger partial charge in [0.2, 0.25) is 0 Å². The fourth-order valence-electron chi connectivity index (χ4n) is 1.08. The lowest BCUT2D eigenvalue weighted by Gasteiger charge is -2.10. The number of quaternary nitrogens is 1. The molecule has 0 unspecified atom stereocenters. The monoisotopic (exact) mass is 196 g/mol. The Morgan fingerprint density at radius 3 is 2.64 bits per heavy atom. The molecule has 0 saturated heterocycles. The summed E-state index contributed by atoms with van der Waals surface area (Å²) >= 11 is 0. The van der Waals surface area contributed by atoms with Gasteiger partial charge in [0.1, 0.15) is 25.0 Å². The van der Waals surface area contributed by atoms with Crippen molar-refractivity contribution in [3.63, 3.8) is 0 Å². The first kappa shape index (κ1) is 11.0. The van der Waals surface area contributed by atoms with E-state index in [1.165, 1.54) is 11.1 Å². The van der Waals surface area contributed by atoms with Gasteiger partial charge in [-0.05, 0) is 37.1 Å². The standard InChI is InChI=1S/C11H17NO2/c1-8-3-4-11(5-9(8)2)14-7-10(13)6-12/h3-5,10,13H,6-7,12H2,1-2H3/p+1/t10-/m1/s1. The van der Waals surface area contributed by atoms with Crippen LogP contribution in [0, 0.1) is 13.8 Å². The third-order valence-corrected chi connectivity index (χ3v) is 2.25. The molecule has 3 heteroatoms. The molecule has 1 rings (SSSR count). The van der Waals surface area contributed by atoms with Gasteiger partial charge in [-0.3, -0.25) is 0 Å². The first-order valence-electron chi connectivity index (χ1n) is 4.81. The van der Waals surface area contributed by atoms with Crippen LogP contribution in [0.2, 0.25) is 0 Å². The van der Waals surface area contributed by atoms with Crippen molar-refractivity contribution in [1.29, 1.82) is 0 Å². The maximum absolute atomic E-state index is 9.26. The summed E-state index contributed by atoms with van der Waals surface area (Å²) in [6.45, 7) is 4.89. The Bertz CT molecular complexity index is 299. The summed E-state index contributed by atoms with van der Waals surface area (Å²) in [6, 6.07) is 5.91. The van der Waals surface area contributed by atoms with Crippen molar-refractivity contribution < 1.29 is 15.6 Å². The van der Waals surface area contributed by atoms with E-state index in [2.05, 4.69) is 12.7 Å². The number of aryl methyl sites for hydroxylation is 2. The van der Waals surface area contributed by atoms with E-state index in [1.54, 1.807) is 0 Å². The highest BCUT2D eigenvalue weighted by atomic mass is 16.5. The Morgan fingerprint density at radius 1 is 1.36 bits per heavy atom. The number of hydrogen-bond donors (Lipinski definition) is 2. The van der Waals surface area contributed by atoms with Crippen LogP contribution in [0.25, 0.3) is 0 Å². The lowest BCUT2D eigenvalue weighted by atomic mass is 10.1. The van der Waals surface area contributed by atoms with Gasteiger partial charge in [0, 0.05) is 0 Å². The van der Waals surface area contributed by atoms with Crippen LogP contribution < -0.4 is 10.5 Å². The summed E-state index contributed by atoms with van der Waals surface area (Å²) in [5.41, 5.74) is 6.05. The van der Waals surface area contributed by atoms with Crippen molar-refractivity contribution in [1.82, 2.24) is 0 Å². The van der Waals surface area contributed by atoms with Crippen LogP contribution in [0.4, 0.5) is 0 Å². The average Bonchev–Trinajstić information content (AvgIpc) is 2.19. The third-order valence-electron chi connectivity index (χ3n) is 2.25. The summed E-state index contributed by atoms with van der Waals surface area (Å²) in [5.74, 6) is 0.806. The fourth-order valence-corrected chi connectivity index (χ4v) is 1.08. The summed E-state index contributed by atoms with van der Waals surface area (Å²) in [5, 5.41) is 9.26. The molecule has 0 heterocycles. The molecule has 0 aliphatic rings. The van der Waals surface area contributed by atoms with Gasteiger partial charge in [-0.1, -0.05) is 6.07 Å². The summed E-state index contributed by atoms with van der Waals surface area (Å²) in [4.78, 5) is 0. The molecule has 0 aromatic heterocycles. The molecule has 1 aromatic rings. The van der Waals surface area contributed by atoms with E-state index in [9.17, 15) is 5.11 Å². The zero-order chi connectivity index (χ0) is 10.6. The van der Waals surface area contributed by atoms with E-state index in [1.807, 2.05) is 25.1 Å². The third kappa shape index (κ3) is 3.01. The molecule has 0 amide bonds. The van der Waals surface area contributed by atoms with E-state index in [4.69, 9.17) is 4.74 Å². The second-order valence-corrected chi connectivity index (χ2v) is 3.50. The predicted molar refractivity (Wildman–Crippen MR) is 55.2 cm³/mol. The second kappa shape index (κ2) is 4.98. The van der Waals surface area contributed by atoms with Crippen molar-refractivity contribution in [3.05, 3.63) is 29.3 Å². The molecule has 78 valence electrons. The van der Waals surface area contributed by atoms with Crippen molar-refractivity contribution in [2.45, 2.75) is 20.0 Å². The van der Waals surface area contributed by atoms with Crippen molar-refractivity contribution in [3.8, 4) is 5.75 Å². The quantitative estimate of drug-likeness (QED) is 0.727. The molecule has 1 atom stereocenters. The molecule has 0 fully saturated rings. The van der Waals surface area contributed by atoms with Crippen LogP contribution >= 0.6 is 0 Å². The number of hydrogen-bond acceptors (Lipinski definition) is 2. The number of aliphatic hydroxyl groups excluding tert-OH is 1. The second-order valence-electron chi connectivity index (χ2n) is 3.50. The first-order chi connectivity index (χ1) is 6.63. The Balaban J connectivity index is 2.55. The maximum Gasteiger partial charge on any atom is 0.136 e. The minimum Gasteiger partial charge on any atom is -0.491 e. The van der Waals surface area contributed by atoms with Gasteiger partial charge in [-0.25, -0.2) is 0 Å². The molecule has 0 saturated carbocycles. The Morgan fingerprint density at radius 2 is 2.07 bits per heavy atom. The number of aliphatic hydroxyl groups is 1. The van der Waals surface area contributed by atoms with Gasteiger partial charge in [0.05, 0.1) is 0 Å². The van der Waals surface area contributed by atoms with Crippen LogP contribution in [0.1, 0.15) is 11.1 Å².